The van der Waals surface area contributed by atoms with Gasteiger partial charge in [0.1, 0.15) is 6.61 Å². The van der Waals surface area contributed by atoms with Gasteiger partial charge in [0.05, 0.1) is 17.8 Å². The highest BCUT2D eigenvalue weighted by molar-refractivity contribution is 5.94. The number of aromatic nitrogens is 1. The Morgan fingerprint density at radius 1 is 1.14 bits per heavy atom. The van der Waals surface area contributed by atoms with E-state index in [4.69, 9.17) is 9.47 Å². The Labute approximate surface area is 167 Å². The number of amides is 1. The van der Waals surface area contributed by atoms with E-state index in [0.717, 1.165) is 25.9 Å². The van der Waals surface area contributed by atoms with Crippen LogP contribution >= 0.6 is 0 Å². The van der Waals surface area contributed by atoms with Crippen LogP contribution in [0.4, 0.5) is 0 Å². The molecule has 5 heteroatoms. The fourth-order valence-electron chi connectivity index (χ4n) is 3.40. The molecule has 2 heterocycles. The number of nitrogens with zero attached hydrogens (tertiary/aromatic N) is 2. The minimum absolute atomic E-state index is 0.0469. The number of hydrogen-bond acceptors (Lipinski definition) is 4. The molecule has 1 aliphatic heterocycles. The van der Waals surface area contributed by atoms with Crippen molar-refractivity contribution in [3.05, 3.63) is 59.8 Å². The van der Waals surface area contributed by atoms with E-state index in [1.165, 1.54) is 5.56 Å². The molecule has 1 aromatic carbocycles. The van der Waals surface area contributed by atoms with Crippen molar-refractivity contribution in [3.63, 3.8) is 0 Å². The van der Waals surface area contributed by atoms with E-state index in [2.05, 4.69) is 29.2 Å². The van der Waals surface area contributed by atoms with Gasteiger partial charge in [0.15, 0.2) is 0 Å². The van der Waals surface area contributed by atoms with Crippen molar-refractivity contribution < 1.29 is 14.3 Å². The monoisotopic (exact) mass is 382 g/mol. The first-order chi connectivity index (χ1) is 13.4. The number of benzene rings is 1. The zero-order chi connectivity index (χ0) is 20.0. The Kier molecular flexibility index (Phi) is 6.68. The van der Waals surface area contributed by atoms with Gasteiger partial charge in [-0.1, -0.05) is 30.3 Å². The van der Waals surface area contributed by atoms with E-state index >= 15 is 0 Å². The summed E-state index contributed by atoms with van der Waals surface area (Å²) in [6.45, 7) is 8.57. The topological polar surface area (TPSA) is 51.7 Å². The van der Waals surface area contributed by atoms with E-state index < -0.39 is 0 Å². The van der Waals surface area contributed by atoms with Gasteiger partial charge in [0.2, 0.25) is 5.88 Å². The van der Waals surface area contributed by atoms with Crippen molar-refractivity contribution in [1.82, 2.24) is 9.88 Å². The first-order valence-electron chi connectivity index (χ1n) is 9.97. The molecule has 0 radical (unpaired) electrons. The van der Waals surface area contributed by atoms with Crippen LogP contribution in [0.5, 0.6) is 5.88 Å². The molecule has 2 aromatic rings. The van der Waals surface area contributed by atoms with Crippen LogP contribution in [0.25, 0.3) is 0 Å². The van der Waals surface area contributed by atoms with Crippen LogP contribution in [0.2, 0.25) is 0 Å². The Morgan fingerprint density at radius 3 is 2.61 bits per heavy atom. The van der Waals surface area contributed by atoms with Crippen molar-refractivity contribution in [3.8, 4) is 5.88 Å². The molecule has 1 saturated heterocycles. The molecular formula is C23H30N2O3. The molecule has 3 rings (SSSR count). The second-order valence-corrected chi connectivity index (χ2v) is 8.29. The normalized spacial score (nSPS) is 17.0. The molecule has 28 heavy (non-hydrogen) atoms. The number of ether oxygens (including phenoxy) is 2. The van der Waals surface area contributed by atoms with Gasteiger partial charge in [-0.3, -0.25) is 4.79 Å². The van der Waals surface area contributed by atoms with E-state index in [1.54, 1.807) is 18.3 Å². The molecule has 150 valence electrons. The van der Waals surface area contributed by atoms with Crippen molar-refractivity contribution in [1.29, 1.82) is 0 Å². The third-order valence-electron chi connectivity index (χ3n) is 4.79. The van der Waals surface area contributed by atoms with Crippen LogP contribution in [-0.2, 0) is 11.2 Å². The van der Waals surface area contributed by atoms with Crippen molar-refractivity contribution in [2.75, 3.05) is 26.3 Å². The van der Waals surface area contributed by atoms with Gasteiger partial charge in [-0.05, 0) is 51.2 Å². The summed E-state index contributed by atoms with van der Waals surface area (Å²) in [5.74, 6) is 1.08. The highest BCUT2D eigenvalue weighted by Gasteiger charge is 2.27. The molecule has 0 N–H and O–H groups in total. The van der Waals surface area contributed by atoms with Gasteiger partial charge >= 0.3 is 0 Å². The fraction of sp³-hybridized carbons (Fsp3) is 0.478. The summed E-state index contributed by atoms with van der Waals surface area (Å²) in [7, 11) is 0. The molecule has 1 aliphatic rings. The maximum atomic E-state index is 12.8. The summed E-state index contributed by atoms with van der Waals surface area (Å²) in [4.78, 5) is 19.0. The minimum Gasteiger partial charge on any atom is -0.475 e. The lowest BCUT2D eigenvalue weighted by atomic mass is 9.99. The molecule has 0 aliphatic carbocycles. The smallest absolute Gasteiger partial charge is 0.255 e. The van der Waals surface area contributed by atoms with E-state index in [-0.39, 0.29) is 11.5 Å². The average Bonchev–Trinajstić information content (AvgIpc) is 3.14. The highest BCUT2D eigenvalue weighted by atomic mass is 16.5. The van der Waals surface area contributed by atoms with E-state index in [9.17, 15) is 4.79 Å². The van der Waals surface area contributed by atoms with Crippen molar-refractivity contribution >= 4 is 5.91 Å². The van der Waals surface area contributed by atoms with E-state index in [0.29, 0.717) is 30.6 Å². The number of hydrogen-bond donors (Lipinski definition) is 0. The maximum Gasteiger partial charge on any atom is 0.255 e. The predicted octanol–water partition coefficient (Wildman–Crippen LogP) is 3.98. The summed E-state index contributed by atoms with van der Waals surface area (Å²) in [5, 5.41) is 0. The van der Waals surface area contributed by atoms with Gasteiger partial charge in [-0.15, -0.1) is 0 Å². The average molecular weight is 383 g/mol. The number of pyridine rings is 1. The second kappa shape index (κ2) is 9.20. The minimum atomic E-state index is -0.179. The van der Waals surface area contributed by atoms with Crippen LogP contribution in [0, 0.1) is 5.92 Å². The quantitative estimate of drug-likeness (QED) is 0.680. The third-order valence-corrected chi connectivity index (χ3v) is 4.79. The largest absolute Gasteiger partial charge is 0.475 e. The van der Waals surface area contributed by atoms with Gasteiger partial charge in [-0.25, -0.2) is 4.98 Å². The van der Waals surface area contributed by atoms with Gasteiger partial charge in [0, 0.05) is 25.4 Å². The van der Waals surface area contributed by atoms with Crippen LogP contribution in [-0.4, -0.2) is 47.7 Å². The number of carbonyl (C=O) groups excluding carboxylic acids is 1. The maximum absolute atomic E-state index is 12.8. The summed E-state index contributed by atoms with van der Waals surface area (Å²) in [6.07, 6.45) is 3.67. The Bertz CT molecular complexity index is 754. The van der Waals surface area contributed by atoms with Gasteiger partial charge in [-0.2, -0.15) is 0 Å². The third kappa shape index (κ3) is 6.06. The zero-order valence-electron chi connectivity index (χ0n) is 17.1. The molecule has 1 aromatic heterocycles. The SMILES string of the molecule is CC(C)(C)OCCOc1ccc(C(=O)N2CCC(Cc3ccccc3)C2)cn1. The molecule has 0 bridgehead atoms. The van der Waals surface area contributed by atoms with E-state index in [1.807, 2.05) is 31.7 Å². The molecule has 1 fully saturated rings. The first kappa shape index (κ1) is 20.3. The van der Waals surface area contributed by atoms with Crippen LogP contribution in [0.15, 0.2) is 48.7 Å². The zero-order valence-corrected chi connectivity index (χ0v) is 17.1. The summed E-state index contributed by atoms with van der Waals surface area (Å²) < 4.78 is 11.2. The highest BCUT2D eigenvalue weighted by Crippen LogP contribution is 2.22. The molecule has 0 saturated carbocycles. The molecule has 1 amide bonds. The number of likely N-dealkylation sites (tertiary alicyclic amines) is 1. The van der Waals surface area contributed by atoms with Crippen molar-refractivity contribution in [2.45, 2.75) is 39.2 Å². The van der Waals surface area contributed by atoms with Crippen LogP contribution in [0.1, 0.15) is 43.1 Å². The first-order valence-corrected chi connectivity index (χ1v) is 9.97. The lowest BCUT2D eigenvalue weighted by Gasteiger charge is -2.19. The summed E-state index contributed by atoms with van der Waals surface area (Å²) >= 11 is 0. The summed E-state index contributed by atoms with van der Waals surface area (Å²) in [6, 6.07) is 14.0. The molecule has 0 spiro atoms. The predicted molar refractivity (Wildman–Crippen MR) is 110 cm³/mol. The van der Waals surface area contributed by atoms with Gasteiger partial charge < -0.3 is 14.4 Å². The lowest BCUT2D eigenvalue weighted by Crippen LogP contribution is -2.29. The number of rotatable bonds is 7. The molecular weight excluding hydrogens is 352 g/mol. The number of carbonyl (C=O) groups is 1. The fourth-order valence-corrected chi connectivity index (χ4v) is 3.40. The van der Waals surface area contributed by atoms with Crippen molar-refractivity contribution in [2.24, 2.45) is 5.92 Å². The standard InChI is InChI=1S/C23H30N2O3/c1-23(2,3)28-14-13-27-21-10-9-20(16-24-21)22(26)25-12-11-19(17-25)15-18-7-5-4-6-8-18/h4-10,16,19H,11-15,17H2,1-3H3. The van der Waals surface area contributed by atoms with Crippen LogP contribution in [0.3, 0.4) is 0 Å². The summed E-state index contributed by atoms with van der Waals surface area (Å²) in [5.41, 5.74) is 1.76. The Morgan fingerprint density at radius 2 is 1.93 bits per heavy atom. The molecule has 1 atom stereocenters. The molecule has 1 unspecified atom stereocenters. The lowest BCUT2D eigenvalue weighted by molar-refractivity contribution is -0.0168. The van der Waals surface area contributed by atoms with Crippen LogP contribution < -0.4 is 4.74 Å². The Hall–Kier alpha value is -2.40. The van der Waals surface area contributed by atoms with Gasteiger partial charge in [0.25, 0.3) is 5.91 Å². The Balaban J connectivity index is 1.47. The molecule has 5 nitrogen and oxygen atoms in total. The second-order valence-electron chi connectivity index (χ2n) is 8.29.